The summed E-state index contributed by atoms with van der Waals surface area (Å²) in [6, 6.07) is 9.44. The molecule has 0 unspecified atom stereocenters. The lowest BCUT2D eigenvalue weighted by molar-refractivity contribution is -0.274. The van der Waals surface area contributed by atoms with Gasteiger partial charge in [0.2, 0.25) is 0 Å². The molecule has 0 aliphatic rings. The van der Waals surface area contributed by atoms with E-state index in [1.165, 1.54) is 69.6 Å². The van der Waals surface area contributed by atoms with Gasteiger partial charge in [0, 0.05) is 34.1 Å². The molecule has 2 rings (SSSR count). The van der Waals surface area contributed by atoms with E-state index in [4.69, 9.17) is 0 Å². The van der Waals surface area contributed by atoms with Crippen molar-refractivity contribution in [3.05, 3.63) is 62.0 Å². The Hall–Kier alpha value is -1.58. The zero-order valence-electron chi connectivity index (χ0n) is 21.4. The summed E-state index contributed by atoms with van der Waals surface area (Å²) in [5, 5.41) is 6.21. The van der Waals surface area contributed by atoms with Crippen LogP contribution in [0.15, 0.2) is 45.3 Å². The van der Waals surface area contributed by atoms with Gasteiger partial charge in [-0.05, 0) is 41.8 Å². The van der Waals surface area contributed by atoms with E-state index >= 15 is 0 Å². The molecule has 0 saturated heterocycles. The van der Waals surface area contributed by atoms with Crippen LogP contribution >= 0.6 is 31.9 Å². The van der Waals surface area contributed by atoms with Crippen molar-refractivity contribution in [2.75, 3.05) is 6.54 Å². The van der Waals surface area contributed by atoms with Crippen molar-refractivity contribution in [2.24, 2.45) is 0 Å². The maximum absolute atomic E-state index is 12.6. The molecule has 1 amide bonds. The van der Waals surface area contributed by atoms with Gasteiger partial charge in [0.25, 0.3) is 5.91 Å². The lowest BCUT2D eigenvalue weighted by Crippen LogP contribution is -2.24. The lowest BCUT2D eigenvalue weighted by atomic mass is 10.1. The van der Waals surface area contributed by atoms with Crippen molar-refractivity contribution in [1.29, 1.82) is 0 Å². The van der Waals surface area contributed by atoms with Crippen LogP contribution in [0.3, 0.4) is 0 Å². The molecule has 0 atom stereocenters. The first-order valence-electron chi connectivity index (χ1n) is 13.0. The largest absolute Gasteiger partial charge is 0.573 e. The highest BCUT2D eigenvalue weighted by Gasteiger charge is 2.31. The number of halogens is 5. The predicted octanol–water partition coefficient (Wildman–Crippen LogP) is 9.05. The number of hydrogen-bond acceptors (Lipinski definition) is 3. The van der Waals surface area contributed by atoms with Crippen molar-refractivity contribution in [1.82, 2.24) is 10.6 Å². The number of amides is 1. The van der Waals surface area contributed by atoms with E-state index in [0.717, 1.165) is 27.4 Å². The summed E-state index contributed by atoms with van der Waals surface area (Å²) in [6.45, 7) is 3.70. The first kappa shape index (κ1) is 31.6. The number of alkyl halides is 3. The lowest BCUT2D eigenvalue weighted by Gasteiger charge is -2.13. The zero-order valence-corrected chi connectivity index (χ0v) is 24.5. The number of hydrogen-bond donors (Lipinski definition) is 2. The van der Waals surface area contributed by atoms with Gasteiger partial charge in [-0.15, -0.1) is 13.2 Å². The smallest absolute Gasteiger partial charge is 0.406 e. The minimum absolute atomic E-state index is 0.113. The van der Waals surface area contributed by atoms with Gasteiger partial charge in [0.1, 0.15) is 5.75 Å². The van der Waals surface area contributed by atoms with Gasteiger partial charge in [-0.25, -0.2) is 0 Å². The first-order valence-corrected chi connectivity index (χ1v) is 14.6. The Bertz CT molecular complexity index is 948. The van der Waals surface area contributed by atoms with Crippen LogP contribution in [0.25, 0.3) is 0 Å². The van der Waals surface area contributed by atoms with Crippen molar-refractivity contribution >= 4 is 37.8 Å². The van der Waals surface area contributed by atoms with Crippen molar-refractivity contribution in [2.45, 2.75) is 90.6 Å². The standard InChI is InChI=1S/C28H37Br2F3N2O2/c1-2-3-4-5-6-7-8-9-10-11-15-35-27(36)22-17-25(29)24(26(30)18-22)20-34-19-21-13-12-14-23(16-21)37-28(31,32)33/h12-14,16-18,34H,2-11,15,19-20H2,1H3,(H,35,36). The molecule has 0 saturated carbocycles. The third-order valence-electron chi connectivity index (χ3n) is 5.98. The fraction of sp³-hybridized carbons (Fsp3) is 0.536. The second-order valence-electron chi connectivity index (χ2n) is 9.16. The van der Waals surface area contributed by atoms with Crippen molar-refractivity contribution < 1.29 is 22.7 Å². The van der Waals surface area contributed by atoms with E-state index in [1.807, 2.05) is 0 Å². The molecule has 0 aliphatic carbocycles. The van der Waals surface area contributed by atoms with Crippen molar-refractivity contribution in [3.63, 3.8) is 0 Å². The van der Waals surface area contributed by atoms with Crippen LogP contribution in [0.1, 0.15) is 92.6 Å². The molecule has 0 bridgehead atoms. The molecule has 9 heteroatoms. The highest BCUT2D eigenvalue weighted by Crippen LogP contribution is 2.28. The van der Waals surface area contributed by atoms with Gasteiger partial charge in [0.05, 0.1) is 0 Å². The third-order valence-corrected chi connectivity index (χ3v) is 7.40. The molecule has 0 aliphatic heterocycles. The minimum Gasteiger partial charge on any atom is -0.406 e. The summed E-state index contributed by atoms with van der Waals surface area (Å²) in [4.78, 5) is 12.6. The Kier molecular flexibility index (Phi) is 14.6. The van der Waals surface area contributed by atoms with Crippen LogP contribution in [0.5, 0.6) is 5.75 Å². The number of nitrogens with one attached hydrogen (secondary N) is 2. The molecule has 0 aromatic heterocycles. The van der Waals surface area contributed by atoms with Crippen LogP contribution < -0.4 is 15.4 Å². The maximum atomic E-state index is 12.6. The summed E-state index contributed by atoms with van der Waals surface area (Å²) >= 11 is 7.08. The van der Waals surface area contributed by atoms with Crippen LogP contribution in [-0.2, 0) is 13.1 Å². The molecule has 37 heavy (non-hydrogen) atoms. The number of carbonyl (C=O) groups excluding carboxylic acids is 1. The predicted molar refractivity (Wildman–Crippen MR) is 150 cm³/mol. The highest BCUT2D eigenvalue weighted by atomic mass is 79.9. The molecule has 0 radical (unpaired) electrons. The van der Waals surface area contributed by atoms with Gasteiger partial charge in [0.15, 0.2) is 0 Å². The Labute approximate surface area is 235 Å². The average molecular weight is 650 g/mol. The van der Waals surface area contributed by atoms with Crippen molar-refractivity contribution in [3.8, 4) is 5.75 Å². The van der Waals surface area contributed by atoms with Crippen LogP contribution in [0.4, 0.5) is 13.2 Å². The third kappa shape index (κ3) is 13.2. The number of carbonyl (C=O) groups is 1. The van der Waals surface area contributed by atoms with E-state index in [9.17, 15) is 18.0 Å². The van der Waals surface area contributed by atoms with E-state index in [0.29, 0.717) is 30.8 Å². The van der Waals surface area contributed by atoms with Crippen LogP contribution in [0.2, 0.25) is 0 Å². The molecule has 0 spiro atoms. The van der Waals surface area contributed by atoms with E-state index < -0.39 is 6.36 Å². The number of unbranched alkanes of at least 4 members (excludes halogenated alkanes) is 9. The fourth-order valence-corrected chi connectivity index (χ4v) is 5.47. The highest BCUT2D eigenvalue weighted by molar-refractivity contribution is 9.11. The van der Waals surface area contributed by atoms with Gasteiger partial charge in [-0.3, -0.25) is 4.79 Å². The first-order chi connectivity index (χ1) is 17.7. The number of rotatable bonds is 17. The van der Waals surface area contributed by atoms with Gasteiger partial charge >= 0.3 is 6.36 Å². The summed E-state index contributed by atoms with van der Waals surface area (Å²) in [5.74, 6) is -0.361. The molecule has 206 valence electrons. The minimum atomic E-state index is -4.72. The molecule has 4 nitrogen and oxygen atoms in total. The SMILES string of the molecule is CCCCCCCCCCCCNC(=O)c1cc(Br)c(CNCc2cccc(OC(F)(F)F)c2)c(Br)c1. The normalized spacial score (nSPS) is 11.5. The second kappa shape index (κ2) is 17.1. The Morgan fingerprint density at radius 2 is 1.46 bits per heavy atom. The molecule has 2 aromatic carbocycles. The molecular weight excluding hydrogens is 613 g/mol. The molecule has 2 aromatic rings. The molecule has 2 N–H and O–H groups in total. The second-order valence-corrected chi connectivity index (χ2v) is 10.9. The molecular formula is C28H37Br2F3N2O2. The van der Waals surface area contributed by atoms with E-state index in [2.05, 4.69) is 54.2 Å². The quantitative estimate of drug-likeness (QED) is 0.168. The number of benzene rings is 2. The van der Waals surface area contributed by atoms with Crippen LogP contribution in [0, 0.1) is 0 Å². The summed E-state index contributed by atoms with van der Waals surface area (Å²) in [5.41, 5.74) is 2.14. The monoisotopic (exact) mass is 648 g/mol. The summed E-state index contributed by atoms with van der Waals surface area (Å²) in [7, 11) is 0. The summed E-state index contributed by atoms with van der Waals surface area (Å²) in [6.07, 6.45) is 7.81. The van der Waals surface area contributed by atoms with E-state index in [-0.39, 0.29) is 11.7 Å². The zero-order chi connectivity index (χ0) is 27.1. The topological polar surface area (TPSA) is 50.4 Å². The Morgan fingerprint density at radius 3 is 2.05 bits per heavy atom. The van der Waals surface area contributed by atoms with Crippen LogP contribution in [-0.4, -0.2) is 18.8 Å². The molecule has 0 fully saturated rings. The Morgan fingerprint density at radius 1 is 0.865 bits per heavy atom. The van der Waals surface area contributed by atoms with Gasteiger partial charge < -0.3 is 15.4 Å². The molecule has 0 heterocycles. The van der Waals surface area contributed by atoms with Gasteiger partial charge in [-0.2, -0.15) is 0 Å². The number of ether oxygens (including phenoxy) is 1. The fourth-order valence-electron chi connectivity index (χ4n) is 4.00. The average Bonchev–Trinajstić information content (AvgIpc) is 2.83. The maximum Gasteiger partial charge on any atom is 0.573 e. The van der Waals surface area contributed by atoms with Gasteiger partial charge in [-0.1, -0.05) is 109 Å². The Balaban J connectivity index is 1.72. The summed E-state index contributed by atoms with van der Waals surface area (Å²) < 4.78 is 42.8. The van der Waals surface area contributed by atoms with E-state index in [1.54, 1.807) is 18.2 Å².